The van der Waals surface area contributed by atoms with Gasteiger partial charge in [0.1, 0.15) is 0 Å². The predicted molar refractivity (Wildman–Crippen MR) is 70.9 cm³/mol. The summed E-state index contributed by atoms with van der Waals surface area (Å²) < 4.78 is 0. The maximum atomic E-state index is 3.59. The van der Waals surface area contributed by atoms with Crippen molar-refractivity contribution < 1.29 is 0 Å². The zero-order valence-electron chi connectivity index (χ0n) is 10.5. The number of nitrogens with zero attached hydrogens (tertiary/aromatic N) is 1. The summed E-state index contributed by atoms with van der Waals surface area (Å²) in [5.41, 5.74) is 1.93. The van der Waals surface area contributed by atoms with Crippen LogP contribution in [0.15, 0.2) is 30.3 Å². The maximum absolute atomic E-state index is 3.59. The van der Waals surface area contributed by atoms with Crippen LogP contribution in [0, 0.1) is 0 Å². The summed E-state index contributed by atoms with van der Waals surface area (Å²) in [6.07, 6.45) is 5.58. The van der Waals surface area contributed by atoms with E-state index in [1.807, 2.05) is 0 Å². The minimum absolute atomic E-state index is 0.466. The van der Waals surface area contributed by atoms with Gasteiger partial charge in [0.05, 0.1) is 0 Å². The van der Waals surface area contributed by atoms with E-state index in [1.54, 1.807) is 0 Å². The molecule has 1 aromatic carbocycles. The molecule has 1 heterocycles. The van der Waals surface area contributed by atoms with Gasteiger partial charge < -0.3 is 5.32 Å². The van der Waals surface area contributed by atoms with E-state index < -0.39 is 0 Å². The minimum atomic E-state index is 0.466. The number of hydrogen-bond donors (Lipinski definition) is 1. The molecule has 1 aliphatic carbocycles. The molecule has 2 heteroatoms. The zero-order valence-corrected chi connectivity index (χ0v) is 10.5. The van der Waals surface area contributed by atoms with Gasteiger partial charge in [0, 0.05) is 31.7 Å². The number of benzene rings is 1. The molecule has 0 bridgehead atoms. The number of hydrogen-bond acceptors (Lipinski definition) is 2. The smallest absolute Gasteiger partial charge is 0.0338 e. The molecule has 1 aliphatic heterocycles. The molecule has 0 radical (unpaired) electrons. The molecule has 2 aliphatic rings. The van der Waals surface area contributed by atoms with Crippen LogP contribution < -0.4 is 5.32 Å². The minimum Gasteiger partial charge on any atom is -0.314 e. The first kappa shape index (κ1) is 11.2. The molecule has 1 aromatic rings. The van der Waals surface area contributed by atoms with Crippen LogP contribution in [0.3, 0.4) is 0 Å². The van der Waals surface area contributed by atoms with E-state index >= 15 is 0 Å². The average molecular weight is 230 g/mol. The van der Waals surface area contributed by atoms with Crippen molar-refractivity contribution in [1.29, 1.82) is 0 Å². The van der Waals surface area contributed by atoms with Crippen LogP contribution in [0.2, 0.25) is 0 Å². The summed E-state index contributed by atoms with van der Waals surface area (Å²) in [6.45, 7) is 4.67. The van der Waals surface area contributed by atoms with Crippen molar-refractivity contribution in [3.8, 4) is 0 Å². The summed E-state index contributed by atoms with van der Waals surface area (Å²) in [5.74, 6) is 0. The van der Waals surface area contributed by atoms with Crippen molar-refractivity contribution in [1.82, 2.24) is 10.2 Å². The molecular formula is C15H22N2. The van der Waals surface area contributed by atoms with Gasteiger partial charge in [-0.3, -0.25) is 4.90 Å². The normalized spacial score (nSPS) is 24.2. The van der Waals surface area contributed by atoms with Crippen LogP contribution >= 0.6 is 0 Å². The first-order chi connectivity index (χ1) is 8.39. The Morgan fingerprint density at radius 3 is 2.65 bits per heavy atom. The van der Waals surface area contributed by atoms with Crippen LogP contribution in [0.4, 0.5) is 0 Å². The second kappa shape index (κ2) is 4.79. The van der Waals surface area contributed by atoms with E-state index in [1.165, 1.54) is 44.3 Å². The Kier molecular flexibility index (Phi) is 3.17. The molecule has 0 amide bonds. The second-order valence-corrected chi connectivity index (χ2v) is 5.52. The molecule has 92 valence electrons. The van der Waals surface area contributed by atoms with Gasteiger partial charge in [-0.1, -0.05) is 43.2 Å². The molecule has 0 atom stereocenters. The quantitative estimate of drug-likeness (QED) is 0.839. The lowest BCUT2D eigenvalue weighted by molar-refractivity contribution is 0.0573. The lowest BCUT2D eigenvalue weighted by atomic mass is 9.92. The van der Waals surface area contributed by atoms with E-state index in [2.05, 4.69) is 40.5 Å². The Labute approximate surface area is 104 Å². The van der Waals surface area contributed by atoms with E-state index in [4.69, 9.17) is 0 Å². The molecule has 1 N–H and O–H groups in total. The lowest BCUT2D eigenvalue weighted by Crippen LogP contribution is -2.59. The molecule has 2 fully saturated rings. The zero-order chi connectivity index (χ0) is 11.6. The van der Waals surface area contributed by atoms with E-state index in [0.717, 1.165) is 13.1 Å². The first-order valence-electron chi connectivity index (χ1n) is 6.89. The van der Waals surface area contributed by atoms with Gasteiger partial charge in [0.2, 0.25) is 0 Å². The fraction of sp³-hybridized carbons (Fsp3) is 0.600. The summed E-state index contributed by atoms with van der Waals surface area (Å²) in [6, 6.07) is 10.9. The third kappa shape index (κ3) is 2.24. The molecule has 17 heavy (non-hydrogen) atoms. The van der Waals surface area contributed by atoms with Gasteiger partial charge in [-0.05, 0) is 18.4 Å². The summed E-state index contributed by atoms with van der Waals surface area (Å²) in [7, 11) is 0. The van der Waals surface area contributed by atoms with Crippen LogP contribution in [0.5, 0.6) is 0 Å². The first-order valence-corrected chi connectivity index (χ1v) is 6.89. The van der Waals surface area contributed by atoms with Gasteiger partial charge in [-0.25, -0.2) is 0 Å². The molecular weight excluding hydrogens is 208 g/mol. The van der Waals surface area contributed by atoms with Crippen molar-refractivity contribution >= 4 is 0 Å². The molecule has 1 spiro atoms. The van der Waals surface area contributed by atoms with Gasteiger partial charge >= 0.3 is 0 Å². The highest BCUT2D eigenvalue weighted by Crippen LogP contribution is 2.36. The number of nitrogens with one attached hydrogen (secondary N) is 1. The van der Waals surface area contributed by atoms with Crippen molar-refractivity contribution in [2.24, 2.45) is 0 Å². The summed E-state index contributed by atoms with van der Waals surface area (Å²) in [5, 5.41) is 3.59. The maximum Gasteiger partial charge on any atom is 0.0338 e. The van der Waals surface area contributed by atoms with Crippen LogP contribution in [0.25, 0.3) is 0 Å². The van der Waals surface area contributed by atoms with Crippen molar-refractivity contribution in [3.05, 3.63) is 35.9 Å². The fourth-order valence-corrected chi connectivity index (χ4v) is 3.46. The largest absolute Gasteiger partial charge is 0.314 e. The van der Waals surface area contributed by atoms with Crippen LogP contribution in [-0.2, 0) is 6.54 Å². The molecule has 2 nitrogen and oxygen atoms in total. The Morgan fingerprint density at radius 1 is 1.12 bits per heavy atom. The van der Waals surface area contributed by atoms with Crippen molar-refractivity contribution in [3.63, 3.8) is 0 Å². The predicted octanol–water partition coefficient (Wildman–Crippen LogP) is 2.40. The second-order valence-electron chi connectivity index (χ2n) is 5.52. The van der Waals surface area contributed by atoms with Gasteiger partial charge in [0.25, 0.3) is 0 Å². The lowest BCUT2D eigenvalue weighted by Gasteiger charge is -2.45. The molecule has 3 rings (SSSR count). The summed E-state index contributed by atoms with van der Waals surface area (Å²) in [4.78, 5) is 2.73. The van der Waals surface area contributed by atoms with E-state index in [9.17, 15) is 0 Å². The monoisotopic (exact) mass is 230 g/mol. The Bertz CT molecular complexity index is 354. The molecule has 0 unspecified atom stereocenters. The topological polar surface area (TPSA) is 15.3 Å². The Hall–Kier alpha value is -0.860. The Morgan fingerprint density at radius 2 is 1.88 bits per heavy atom. The number of piperazine rings is 1. The van der Waals surface area contributed by atoms with E-state index in [0.29, 0.717) is 5.54 Å². The third-order valence-electron chi connectivity index (χ3n) is 4.43. The fourth-order valence-electron chi connectivity index (χ4n) is 3.46. The van der Waals surface area contributed by atoms with E-state index in [-0.39, 0.29) is 0 Å². The van der Waals surface area contributed by atoms with Gasteiger partial charge in [0.15, 0.2) is 0 Å². The van der Waals surface area contributed by atoms with Crippen molar-refractivity contribution in [2.75, 3.05) is 19.6 Å². The molecule has 1 saturated heterocycles. The van der Waals surface area contributed by atoms with Crippen LogP contribution in [-0.4, -0.2) is 30.1 Å². The Balaban J connectivity index is 1.76. The van der Waals surface area contributed by atoms with Crippen molar-refractivity contribution in [2.45, 2.75) is 37.8 Å². The summed E-state index contributed by atoms with van der Waals surface area (Å²) >= 11 is 0. The average Bonchev–Trinajstić information content (AvgIpc) is 2.83. The van der Waals surface area contributed by atoms with Crippen LogP contribution in [0.1, 0.15) is 31.2 Å². The number of rotatable bonds is 2. The van der Waals surface area contributed by atoms with Gasteiger partial charge in [-0.15, -0.1) is 0 Å². The SMILES string of the molecule is c1ccc(CN2CCNCC23CCCC3)cc1. The third-order valence-corrected chi connectivity index (χ3v) is 4.43. The molecule has 0 aromatic heterocycles. The standard InChI is InChI=1S/C15H22N2/c1-2-6-14(7-3-1)12-17-11-10-16-13-15(17)8-4-5-9-15/h1-3,6-7,16H,4-5,8-13H2. The van der Waals surface area contributed by atoms with Gasteiger partial charge in [-0.2, -0.15) is 0 Å². The molecule has 1 saturated carbocycles. The highest BCUT2D eigenvalue weighted by atomic mass is 15.3. The highest BCUT2D eigenvalue weighted by Gasteiger charge is 2.40. The highest BCUT2D eigenvalue weighted by molar-refractivity contribution is 5.15.